The number of aromatic nitrogens is 4. The summed E-state index contributed by atoms with van der Waals surface area (Å²) in [6, 6.07) is 58.6. The van der Waals surface area contributed by atoms with Crippen molar-refractivity contribution in [2.75, 3.05) is 0 Å². The quantitative estimate of drug-likeness (QED) is 0.182. The lowest BCUT2D eigenvalue weighted by atomic mass is 10.0. The van der Waals surface area contributed by atoms with E-state index in [9.17, 15) is 0 Å². The van der Waals surface area contributed by atoms with Gasteiger partial charge in [-0.15, -0.1) is 0 Å². The largest absolute Gasteiger partial charge is 0.456 e. The first-order valence-corrected chi connectivity index (χ1v) is 18.4. The van der Waals surface area contributed by atoms with Gasteiger partial charge < -0.3 is 13.4 Å². The number of hydrogen-bond donors (Lipinski definition) is 0. The monoisotopic (exact) mass is 704 g/mol. The first-order chi connectivity index (χ1) is 27.2. The molecule has 0 saturated carbocycles. The first kappa shape index (κ1) is 29.9. The molecular formula is C49H28N4O2. The van der Waals surface area contributed by atoms with Crippen LogP contribution in [0.2, 0.25) is 0 Å². The standard InChI is InChI=1S/C49H28N4O2/c1-2-12-29(13-3-1)47-50-48(32-22-23-35-34-17-7-10-20-41(34)55-44(35)28-32)52-49(51-47)37-24-25-43-45(36-18-8-11-21-42(36)54-43)46(37)53-39-19-9-6-16-33(39)38-26-30-14-4-5-15-31(30)27-40(38)53/h1-28H. The number of furan rings is 2. The van der Waals surface area contributed by atoms with E-state index in [4.69, 9.17) is 23.8 Å². The molecule has 0 fully saturated rings. The van der Waals surface area contributed by atoms with Gasteiger partial charge in [0.15, 0.2) is 17.5 Å². The topological polar surface area (TPSA) is 69.9 Å². The third-order valence-corrected chi connectivity index (χ3v) is 10.8. The van der Waals surface area contributed by atoms with Gasteiger partial charge in [0.1, 0.15) is 22.3 Å². The minimum absolute atomic E-state index is 0.558. The minimum Gasteiger partial charge on any atom is -0.456 e. The molecule has 0 amide bonds. The smallest absolute Gasteiger partial charge is 0.166 e. The molecule has 0 bridgehead atoms. The highest BCUT2D eigenvalue weighted by molar-refractivity contribution is 6.18. The molecule has 0 radical (unpaired) electrons. The van der Waals surface area contributed by atoms with Crippen LogP contribution < -0.4 is 0 Å². The molecule has 8 aromatic carbocycles. The van der Waals surface area contributed by atoms with Crippen LogP contribution in [-0.4, -0.2) is 19.5 Å². The fraction of sp³-hybridized carbons (Fsp3) is 0. The predicted octanol–water partition coefficient (Wildman–Crippen LogP) is 12.9. The fourth-order valence-electron chi connectivity index (χ4n) is 8.31. The Balaban J connectivity index is 1.20. The highest BCUT2D eigenvalue weighted by Gasteiger charge is 2.24. The van der Waals surface area contributed by atoms with Crippen molar-refractivity contribution in [2.24, 2.45) is 0 Å². The van der Waals surface area contributed by atoms with Crippen molar-refractivity contribution in [2.45, 2.75) is 0 Å². The van der Waals surface area contributed by atoms with Crippen LogP contribution in [0.5, 0.6) is 0 Å². The van der Waals surface area contributed by atoms with Crippen molar-refractivity contribution < 1.29 is 8.83 Å². The van der Waals surface area contributed by atoms with Crippen LogP contribution in [0, 0.1) is 0 Å². The molecule has 4 heterocycles. The van der Waals surface area contributed by atoms with Gasteiger partial charge >= 0.3 is 0 Å². The van der Waals surface area contributed by atoms with E-state index in [0.29, 0.717) is 17.5 Å². The van der Waals surface area contributed by atoms with Crippen LogP contribution in [0.4, 0.5) is 0 Å². The summed E-state index contributed by atoms with van der Waals surface area (Å²) in [5.41, 5.74) is 8.97. The van der Waals surface area contributed by atoms with Gasteiger partial charge in [0.05, 0.1) is 22.1 Å². The van der Waals surface area contributed by atoms with E-state index >= 15 is 0 Å². The third-order valence-electron chi connectivity index (χ3n) is 10.8. The van der Waals surface area contributed by atoms with Crippen LogP contribution in [0.1, 0.15) is 0 Å². The van der Waals surface area contributed by atoms with Gasteiger partial charge in [0.25, 0.3) is 0 Å². The lowest BCUT2D eigenvalue weighted by Gasteiger charge is -2.16. The SMILES string of the molecule is c1ccc(-c2nc(-c3ccc4c(c3)oc3ccccc34)nc(-c3ccc4oc5ccccc5c4c3-n3c4ccccc4c4cc5ccccc5cc43)n2)cc1. The van der Waals surface area contributed by atoms with Crippen molar-refractivity contribution >= 4 is 76.5 Å². The van der Waals surface area contributed by atoms with Gasteiger partial charge in [-0.25, -0.2) is 15.0 Å². The number of rotatable bonds is 4. The lowest BCUT2D eigenvalue weighted by Crippen LogP contribution is -2.04. The Labute approximate surface area is 313 Å². The second-order valence-electron chi connectivity index (χ2n) is 14.0. The molecule has 0 aliphatic rings. The molecule has 4 aromatic heterocycles. The highest BCUT2D eigenvalue weighted by atomic mass is 16.3. The van der Waals surface area contributed by atoms with Crippen molar-refractivity contribution in [1.82, 2.24) is 19.5 Å². The van der Waals surface area contributed by atoms with Crippen molar-refractivity contribution in [1.29, 1.82) is 0 Å². The van der Waals surface area contributed by atoms with Gasteiger partial charge in [-0.3, -0.25) is 0 Å². The molecule has 0 N–H and O–H groups in total. The first-order valence-electron chi connectivity index (χ1n) is 18.4. The number of nitrogens with zero attached hydrogens (tertiary/aromatic N) is 4. The molecule has 0 spiro atoms. The zero-order valence-corrected chi connectivity index (χ0v) is 29.3. The zero-order valence-electron chi connectivity index (χ0n) is 29.3. The van der Waals surface area contributed by atoms with Crippen molar-refractivity contribution in [3.63, 3.8) is 0 Å². The third kappa shape index (κ3) is 4.52. The second-order valence-corrected chi connectivity index (χ2v) is 14.0. The summed E-state index contributed by atoms with van der Waals surface area (Å²) in [4.78, 5) is 15.7. The average molecular weight is 705 g/mol. The van der Waals surface area contributed by atoms with Crippen LogP contribution in [0.15, 0.2) is 179 Å². The van der Waals surface area contributed by atoms with E-state index in [1.54, 1.807) is 0 Å². The Hall–Kier alpha value is -7.57. The second kappa shape index (κ2) is 11.5. The van der Waals surface area contributed by atoms with Crippen molar-refractivity contribution in [3.05, 3.63) is 170 Å². The van der Waals surface area contributed by atoms with E-state index in [-0.39, 0.29) is 0 Å². The maximum absolute atomic E-state index is 6.55. The number of fused-ring (bicyclic) bond motifs is 10. The molecule has 0 unspecified atom stereocenters. The van der Waals surface area contributed by atoms with E-state index in [1.165, 1.54) is 21.5 Å². The van der Waals surface area contributed by atoms with E-state index < -0.39 is 0 Å². The molecule has 6 heteroatoms. The summed E-state index contributed by atoms with van der Waals surface area (Å²) in [6.45, 7) is 0. The van der Waals surface area contributed by atoms with Crippen molar-refractivity contribution in [3.8, 4) is 39.9 Å². The molecule has 6 nitrogen and oxygen atoms in total. The summed E-state index contributed by atoms with van der Waals surface area (Å²) in [5.74, 6) is 1.70. The van der Waals surface area contributed by atoms with E-state index in [1.807, 2.05) is 72.8 Å². The molecule has 12 rings (SSSR count). The number of para-hydroxylation sites is 3. The van der Waals surface area contributed by atoms with Crippen LogP contribution >= 0.6 is 0 Å². The van der Waals surface area contributed by atoms with Gasteiger partial charge in [-0.1, -0.05) is 115 Å². The molecule has 0 atom stereocenters. The molecule has 55 heavy (non-hydrogen) atoms. The van der Waals surface area contributed by atoms with E-state index in [2.05, 4.69) is 102 Å². The van der Waals surface area contributed by atoms with Crippen LogP contribution in [-0.2, 0) is 0 Å². The Morgan fingerprint density at radius 2 is 0.982 bits per heavy atom. The van der Waals surface area contributed by atoms with Crippen LogP contribution in [0.25, 0.3) is 116 Å². The molecule has 0 aliphatic heterocycles. The van der Waals surface area contributed by atoms with Gasteiger partial charge in [-0.05, 0) is 65.4 Å². The Morgan fingerprint density at radius 1 is 0.364 bits per heavy atom. The van der Waals surface area contributed by atoms with Gasteiger partial charge in [0, 0.05) is 43.6 Å². The molecular weight excluding hydrogens is 677 g/mol. The summed E-state index contributed by atoms with van der Waals surface area (Å²) in [6.07, 6.45) is 0. The summed E-state index contributed by atoms with van der Waals surface area (Å²) < 4.78 is 15.2. The lowest BCUT2D eigenvalue weighted by molar-refractivity contribution is 0.668. The van der Waals surface area contributed by atoms with Gasteiger partial charge in [0.2, 0.25) is 0 Å². The number of benzene rings is 8. The molecule has 0 aliphatic carbocycles. The summed E-state index contributed by atoms with van der Waals surface area (Å²) in [7, 11) is 0. The Morgan fingerprint density at radius 3 is 1.82 bits per heavy atom. The zero-order chi connectivity index (χ0) is 36.0. The van der Waals surface area contributed by atoms with E-state index in [0.717, 1.165) is 77.3 Å². The minimum atomic E-state index is 0.558. The Kier molecular flexibility index (Phi) is 6.24. The summed E-state index contributed by atoms with van der Waals surface area (Å²) >= 11 is 0. The number of hydrogen-bond acceptors (Lipinski definition) is 5. The van der Waals surface area contributed by atoms with Crippen LogP contribution in [0.3, 0.4) is 0 Å². The highest BCUT2D eigenvalue weighted by Crippen LogP contribution is 2.44. The average Bonchev–Trinajstić information content (AvgIpc) is 3.92. The molecule has 0 saturated heterocycles. The molecule has 256 valence electrons. The normalized spacial score (nSPS) is 12.0. The van der Waals surface area contributed by atoms with Gasteiger partial charge in [-0.2, -0.15) is 0 Å². The summed E-state index contributed by atoms with van der Waals surface area (Å²) in [5, 5.41) is 8.85. The molecule has 12 aromatic rings. The maximum atomic E-state index is 6.55. The fourth-order valence-corrected chi connectivity index (χ4v) is 8.31. The Bertz CT molecular complexity index is 3500. The predicted molar refractivity (Wildman–Crippen MR) is 223 cm³/mol. The maximum Gasteiger partial charge on any atom is 0.166 e.